The molecule has 1 aromatic heterocycles. The molecule has 0 amide bonds. The van der Waals surface area contributed by atoms with E-state index < -0.39 is 0 Å². The summed E-state index contributed by atoms with van der Waals surface area (Å²) in [6.07, 6.45) is 3.50. The van der Waals surface area contributed by atoms with Gasteiger partial charge in [0.25, 0.3) is 0 Å². The van der Waals surface area contributed by atoms with Crippen LogP contribution in [0.5, 0.6) is 0 Å². The van der Waals surface area contributed by atoms with Crippen molar-refractivity contribution < 1.29 is 5.48 Å². The third-order valence-corrected chi connectivity index (χ3v) is 0.566. The zero-order chi connectivity index (χ0) is 4.24. The number of aromatic nitrogens is 1. The first-order valence-corrected chi connectivity index (χ1v) is 1.85. The monoisotopic (exact) mass is 225 g/mol. The van der Waals surface area contributed by atoms with Gasteiger partial charge in [0.1, 0.15) is 0 Å². The fourth-order valence-electron chi connectivity index (χ4n) is 0.313. The fraction of sp³-hybridized carbons (Fsp3) is 0. The molecule has 1 heterocycles. The molecule has 3 heteroatoms. The minimum atomic E-state index is 0. The van der Waals surface area contributed by atoms with Crippen molar-refractivity contribution in [2.75, 3.05) is 0 Å². The summed E-state index contributed by atoms with van der Waals surface area (Å²) in [6.45, 7) is 0. The second-order valence-electron chi connectivity index (χ2n) is 1.02. The number of halogens is 1. The SMILES string of the molecule is I.O.c1ccncc1. The lowest BCUT2D eigenvalue weighted by molar-refractivity contribution is 0.824. The highest BCUT2D eigenvalue weighted by atomic mass is 127. The van der Waals surface area contributed by atoms with Gasteiger partial charge in [0, 0.05) is 12.4 Å². The number of hydrogen-bond acceptors (Lipinski definition) is 1. The largest absolute Gasteiger partial charge is 0.412 e. The van der Waals surface area contributed by atoms with Crippen LogP contribution in [-0.4, -0.2) is 10.5 Å². The molecule has 1 rings (SSSR count). The molecule has 0 aliphatic rings. The Hall–Kier alpha value is -0.160. The van der Waals surface area contributed by atoms with E-state index in [0.29, 0.717) is 0 Å². The van der Waals surface area contributed by atoms with Crippen molar-refractivity contribution in [1.29, 1.82) is 0 Å². The van der Waals surface area contributed by atoms with E-state index in [-0.39, 0.29) is 29.5 Å². The van der Waals surface area contributed by atoms with Crippen LogP contribution in [0.2, 0.25) is 0 Å². The van der Waals surface area contributed by atoms with Gasteiger partial charge in [-0.25, -0.2) is 0 Å². The molecule has 0 aliphatic heterocycles. The van der Waals surface area contributed by atoms with Crippen molar-refractivity contribution >= 4 is 24.0 Å². The lowest BCUT2D eigenvalue weighted by atomic mass is 10.5. The van der Waals surface area contributed by atoms with Gasteiger partial charge in [0.15, 0.2) is 0 Å². The Morgan fingerprint density at radius 1 is 0.875 bits per heavy atom. The zero-order valence-corrected chi connectivity index (χ0v) is 6.57. The summed E-state index contributed by atoms with van der Waals surface area (Å²) < 4.78 is 0. The summed E-state index contributed by atoms with van der Waals surface area (Å²) in [7, 11) is 0. The lowest BCUT2D eigenvalue weighted by Crippen LogP contribution is -1.58. The predicted molar refractivity (Wildman–Crippen MR) is 43.3 cm³/mol. The first-order valence-electron chi connectivity index (χ1n) is 1.85. The maximum absolute atomic E-state index is 3.78. The molecular weight excluding hydrogens is 217 g/mol. The molecule has 1 aromatic rings. The van der Waals surface area contributed by atoms with Crippen LogP contribution in [0.25, 0.3) is 0 Å². The van der Waals surface area contributed by atoms with Crippen LogP contribution >= 0.6 is 24.0 Å². The summed E-state index contributed by atoms with van der Waals surface area (Å²) in [6, 6.07) is 5.72. The maximum Gasteiger partial charge on any atom is 0.0267 e. The Morgan fingerprint density at radius 3 is 1.50 bits per heavy atom. The molecule has 2 nitrogen and oxygen atoms in total. The van der Waals surface area contributed by atoms with Crippen LogP contribution in [0.4, 0.5) is 0 Å². The van der Waals surface area contributed by atoms with Gasteiger partial charge in [-0.1, -0.05) is 6.07 Å². The maximum atomic E-state index is 3.78. The van der Waals surface area contributed by atoms with Crippen molar-refractivity contribution in [3.05, 3.63) is 30.6 Å². The molecule has 2 N–H and O–H groups in total. The highest BCUT2D eigenvalue weighted by Gasteiger charge is 1.58. The van der Waals surface area contributed by atoms with Crippen molar-refractivity contribution in [3.8, 4) is 0 Å². The second kappa shape index (κ2) is 6.84. The molecule has 0 spiro atoms. The molecule has 0 saturated heterocycles. The molecule has 0 atom stereocenters. The molecule has 0 unspecified atom stereocenters. The normalized spacial score (nSPS) is 6.00. The van der Waals surface area contributed by atoms with Gasteiger partial charge in [-0.15, -0.1) is 24.0 Å². The Kier molecular flexibility index (Phi) is 9.20. The van der Waals surface area contributed by atoms with E-state index in [1.807, 2.05) is 18.2 Å². The van der Waals surface area contributed by atoms with E-state index in [1.165, 1.54) is 0 Å². The standard InChI is InChI=1S/C5H5N.HI.H2O/c1-2-4-6-5-3-1;;/h1-5H;1H;1H2. The van der Waals surface area contributed by atoms with Crippen LogP contribution in [0.1, 0.15) is 0 Å². The number of rotatable bonds is 0. The van der Waals surface area contributed by atoms with Crippen LogP contribution in [0, 0.1) is 0 Å². The van der Waals surface area contributed by atoms with Gasteiger partial charge in [0.2, 0.25) is 0 Å². The minimum Gasteiger partial charge on any atom is -0.412 e. The molecule has 8 heavy (non-hydrogen) atoms. The zero-order valence-electron chi connectivity index (χ0n) is 4.24. The van der Waals surface area contributed by atoms with Crippen LogP contribution < -0.4 is 0 Å². The van der Waals surface area contributed by atoms with Gasteiger partial charge in [-0.3, -0.25) is 4.98 Å². The average molecular weight is 225 g/mol. The highest BCUT2D eigenvalue weighted by Crippen LogP contribution is 1.73. The van der Waals surface area contributed by atoms with Gasteiger partial charge in [-0.2, -0.15) is 0 Å². The van der Waals surface area contributed by atoms with Gasteiger partial charge in [0.05, 0.1) is 0 Å². The summed E-state index contributed by atoms with van der Waals surface area (Å²) in [5.41, 5.74) is 0. The Bertz CT molecular complexity index is 84.4. The minimum absolute atomic E-state index is 0. The Balaban J connectivity index is 0. The summed E-state index contributed by atoms with van der Waals surface area (Å²) in [5, 5.41) is 0. The quantitative estimate of drug-likeness (QED) is 0.604. The highest BCUT2D eigenvalue weighted by molar-refractivity contribution is 14.0. The number of pyridine rings is 1. The Morgan fingerprint density at radius 2 is 1.38 bits per heavy atom. The summed E-state index contributed by atoms with van der Waals surface area (Å²) in [4.78, 5) is 3.78. The fourth-order valence-corrected chi connectivity index (χ4v) is 0.313. The van der Waals surface area contributed by atoms with Crippen molar-refractivity contribution in [1.82, 2.24) is 4.98 Å². The van der Waals surface area contributed by atoms with E-state index in [4.69, 9.17) is 0 Å². The predicted octanol–water partition coefficient (Wildman–Crippen LogP) is 0.875. The van der Waals surface area contributed by atoms with E-state index in [2.05, 4.69) is 4.98 Å². The number of nitrogens with zero attached hydrogens (tertiary/aromatic N) is 1. The molecular formula is C5H8INO. The molecule has 0 bridgehead atoms. The smallest absolute Gasteiger partial charge is 0.0267 e. The van der Waals surface area contributed by atoms with Crippen LogP contribution in [0.15, 0.2) is 30.6 Å². The van der Waals surface area contributed by atoms with Gasteiger partial charge < -0.3 is 5.48 Å². The average Bonchev–Trinajstić information content (AvgIpc) is 1.72. The summed E-state index contributed by atoms with van der Waals surface area (Å²) in [5.74, 6) is 0. The molecule has 0 aromatic carbocycles. The van der Waals surface area contributed by atoms with Gasteiger partial charge in [-0.05, 0) is 12.1 Å². The molecule has 0 fully saturated rings. The van der Waals surface area contributed by atoms with Crippen molar-refractivity contribution in [2.24, 2.45) is 0 Å². The van der Waals surface area contributed by atoms with Gasteiger partial charge >= 0.3 is 0 Å². The lowest BCUT2D eigenvalue weighted by Gasteiger charge is -1.70. The molecule has 0 aliphatic carbocycles. The first kappa shape index (κ1) is 10.8. The topological polar surface area (TPSA) is 44.4 Å². The van der Waals surface area contributed by atoms with E-state index >= 15 is 0 Å². The third kappa shape index (κ3) is 4.01. The second-order valence-corrected chi connectivity index (χ2v) is 1.02. The first-order chi connectivity index (χ1) is 3.00. The Labute approximate surface area is 65.3 Å². The van der Waals surface area contributed by atoms with Crippen LogP contribution in [0.3, 0.4) is 0 Å². The number of hydrogen-bond donors (Lipinski definition) is 0. The van der Waals surface area contributed by atoms with E-state index in [1.54, 1.807) is 12.4 Å². The molecule has 0 saturated carbocycles. The van der Waals surface area contributed by atoms with E-state index in [9.17, 15) is 0 Å². The molecule has 46 valence electrons. The van der Waals surface area contributed by atoms with Crippen molar-refractivity contribution in [2.45, 2.75) is 0 Å². The molecule has 0 radical (unpaired) electrons. The van der Waals surface area contributed by atoms with Crippen LogP contribution in [-0.2, 0) is 0 Å². The van der Waals surface area contributed by atoms with E-state index in [0.717, 1.165) is 0 Å². The third-order valence-electron chi connectivity index (χ3n) is 0.566. The summed E-state index contributed by atoms with van der Waals surface area (Å²) >= 11 is 0. The van der Waals surface area contributed by atoms with Crippen molar-refractivity contribution in [3.63, 3.8) is 0 Å².